The van der Waals surface area contributed by atoms with Crippen molar-refractivity contribution in [3.05, 3.63) is 18.0 Å². The molecule has 6 nitrogen and oxygen atoms in total. The van der Waals surface area contributed by atoms with E-state index in [0.29, 0.717) is 24.0 Å². The Kier molecular flexibility index (Phi) is 6.09. The van der Waals surface area contributed by atoms with Crippen LogP contribution in [0.15, 0.2) is 12.4 Å². The van der Waals surface area contributed by atoms with Crippen molar-refractivity contribution in [3.63, 3.8) is 0 Å². The number of piperidine rings is 1. The molecule has 4 rings (SSSR count). The Morgan fingerprint density at radius 1 is 1.03 bits per heavy atom. The lowest BCUT2D eigenvalue weighted by molar-refractivity contribution is -0.135. The smallest absolute Gasteiger partial charge is 0.225 e. The van der Waals surface area contributed by atoms with E-state index < -0.39 is 0 Å². The molecular formula is C23H37N5O. The van der Waals surface area contributed by atoms with Gasteiger partial charge in [-0.25, -0.2) is 9.97 Å². The van der Waals surface area contributed by atoms with Gasteiger partial charge in [-0.05, 0) is 50.5 Å². The van der Waals surface area contributed by atoms with Crippen molar-refractivity contribution < 1.29 is 4.79 Å². The minimum Gasteiger partial charge on any atom is -0.342 e. The molecule has 0 aromatic carbocycles. The molecule has 4 heterocycles. The summed E-state index contributed by atoms with van der Waals surface area (Å²) in [6.45, 7) is 12.6. The van der Waals surface area contributed by atoms with E-state index in [9.17, 15) is 4.79 Å². The van der Waals surface area contributed by atoms with Gasteiger partial charge in [0.05, 0.1) is 0 Å². The summed E-state index contributed by atoms with van der Waals surface area (Å²) in [7, 11) is 0. The summed E-state index contributed by atoms with van der Waals surface area (Å²) in [5, 5.41) is 0. The molecule has 0 aliphatic carbocycles. The van der Waals surface area contributed by atoms with Gasteiger partial charge in [-0.15, -0.1) is 0 Å². The third-order valence-electron chi connectivity index (χ3n) is 7.39. The molecule has 2 bridgehead atoms. The zero-order chi connectivity index (χ0) is 20.5. The van der Waals surface area contributed by atoms with Crippen molar-refractivity contribution in [1.82, 2.24) is 19.8 Å². The lowest BCUT2D eigenvalue weighted by Gasteiger charge is -2.43. The predicted molar refractivity (Wildman–Crippen MR) is 116 cm³/mol. The second-order valence-electron chi connectivity index (χ2n) is 9.57. The number of carbonyl (C=O) groups excluding carboxylic acids is 1. The topological polar surface area (TPSA) is 52.6 Å². The molecule has 3 fully saturated rings. The van der Waals surface area contributed by atoms with Crippen molar-refractivity contribution >= 4 is 11.9 Å². The van der Waals surface area contributed by atoms with Crippen molar-refractivity contribution in [2.24, 2.45) is 5.92 Å². The third kappa shape index (κ3) is 4.14. The van der Waals surface area contributed by atoms with E-state index in [1.807, 2.05) is 31.1 Å². The van der Waals surface area contributed by atoms with E-state index >= 15 is 0 Å². The number of anilines is 1. The number of hydrogen-bond acceptors (Lipinski definition) is 5. The molecule has 3 saturated heterocycles. The van der Waals surface area contributed by atoms with Gasteiger partial charge in [0.15, 0.2) is 0 Å². The minimum atomic E-state index is 0.0883. The number of amides is 1. The van der Waals surface area contributed by atoms with Gasteiger partial charge in [0.25, 0.3) is 0 Å². The molecular weight excluding hydrogens is 362 g/mol. The molecule has 0 spiro atoms. The van der Waals surface area contributed by atoms with Crippen molar-refractivity contribution in [2.75, 3.05) is 31.1 Å². The summed E-state index contributed by atoms with van der Waals surface area (Å²) < 4.78 is 0. The van der Waals surface area contributed by atoms with Gasteiger partial charge in [0.1, 0.15) is 0 Å². The minimum absolute atomic E-state index is 0.0883. The Balaban J connectivity index is 1.38. The van der Waals surface area contributed by atoms with Gasteiger partial charge < -0.3 is 9.80 Å². The predicted octanol–water partition coefficient (Wildman–Crippen LogP) is 3.29. The van der Waals surface area contributed by atoms with Gasteiger partial charge in [-0.1, -0.05) is 20.8 Å². The summed E-state index contributed by atoms with van der Waals surface area (Å²) in [5.41, 5.74) is 1.23. The van der Waals surface area contributed by atoms with Crippen LogP contribution in [-0.2, 0) is 4.79 Å². The number of likely N-dealkylation sites (tertiary alicyclic amines) is 2. The molecule has 1 aromatic rings. The first kappa shape index (κ1) is 20.6. The fourth-order valence-corrected chi connectivity index (χ4v) is 5.35. The zero-order valence-corrected chi connectivity index (χ0v) is 18.5. The Bertz CT molecular complexity index is 684. The van der Waals surface area contributed by atoms with Crippen LogP contribution < -0.4 is 4.90 Å². The highest BCUT2D eigenvalue weighted by Gasteiger charge is 2.42. The van der Waals surface area contributed by atoms with Crippen LogP contribution >= 0.6 is 0 Å². The molecule has 3 atom stereocenters. The van der Waals surface area contributed by atoms with Crippen molar-refractivity contribution in [3.8, 4) is 0 Å². The number of hydrogen-bond donors (Lipinski definition) is 0. The maximum absolute atomic E-state index is 12.2. The average molecular weight is 400 g/mol. The van der Waals surface area contributed by atoms with Crippen LogP contribution in [-0.4, -0.2) is 70.0 Å². The Morgan fingerprint density at radius 2 is 1.62 bits per heavy atom. The normalized spacial score (nSPS) is 26.9. The third-order valence-corrected chi connectivity index (χ3v) is 7.39. The molecule has 0 radical (unpaired) electrons. The highest BCUT2D eigenvalue weighted by molar-refractivity contribution is 5.78. The van der Waals surface area contributed by atoms with Crippen LogP contribution in [0.5, 0.6) is 0 Å². The Labute approximate surface area is 175 Å². The van der Waals surface area contributed by atoms with E-state index in [0.717, 1.165) is 45.0 Å². The quantitative estimate of drug-likeness (QED) is 0.760. The van der Waals surface area contributed by atoms with E-state index in [-0.39, 0.29) is 11.8 Å². The number of aromatic nitrogens is 2. The molecule has 3 aliphatic rings. The standard InChI is InChI=1S/C23H37N5O/c1-5-17(4)27-14-20-6-7-21(15-27)28(20)23-24-12-19(13-25-23)18-8-10-26(11-9-18)22(29)16(2)3/h12-13,16-18,20-21H,5-11,14-15H2,1-4H3. The Hall–Kier alpha value is -1.69. The lowest BCUT2D eigenvalue weighted by Crippen LogP contribution is -2.56. The van der Waals surface area contributed by atoms with Crippen molar-refractivity contribution in [2.45, 2.75) is 83.8 Å². The highest BCUT2D eigenvalue weighted by atomic mass is 16.2. The van der Waals surface area contributed by atoms with Gasteiger partial charge >= 0.3 is 0 Å². The second kappa shape index (κ2) is 8.58. The van der Waals surface area contributed by atoms with Crippen LogP contribution in [0.25, 0.3) is 0 Å². The van der Waals surface area contributed by atoms with Gasteiger partial charge in [0, 0.05) is 62.6 Å². The summed E-state index contributed by atoms with van der Waals surface area (Å²) in [4.78, 5) is 29.0. The molecule has 0 saturated carbocycles. The zero-order valence-electron chi connectivity index (χ0n) is 18.5. The number of nitrogens with zero attached hydrogens (tertiary/aromatic N) is 5. The van der Waals surface area contributed by atoms with Gasteiger partial charge in [-0.2, -0.15) is 0 Å². The number of fused-ring (bicyclic) bond motifs is 2. The van der Waals surface area contributed by atoms with Gasteiger partial charge in [-0.3, -0.25) is 9.69 Å². The van der Waals surface area contributed by atoms with E-state index in [4.69, 9.17) is 9.97 Å². The number of piperazine rings is 1. The second-order valence-corrected chi connectivity index (χ2v) is 9.57. The average Bonchev–Trinajstić information content (AvgIpc) is 3.01. The monoisotopic (exact) mass is 399 g/mol. The molecule has 0 N–H and O–H groups in total. The number of carbonyl (C=O) groups is 1. The number of rotatable bonds is 5. The van der Waals surface area contributed by atoms with Crippen LogP contribution in [0.1, 0.15) is 71.3 Å². The van der Waals surface area contributed by atoms with Crippen molar-refractivity contribution in [1.29, 1.82) is 0 Å². The molecule has 160 valence electrons. The summed E-state index contributed by atoms with van der Waals surface area (Å²) in [6.07, 6.45) is 9.85. The first-order valence-corrected chi connectivity index (χ1v) is 11.6. The van der Waals surface area contributed by atoms with Crippen LogP contribution in [0.3, 0.4) is 0 Å². The van der Waals surface area contributed by atoms with E-state index in [2.05, 4.69) is 23.6 Å². The largest absolute Gasteiger partial charge is 0.342 e. The first-order chi connectivity index (χ1) is 14.0. The van der Waals surface area contributed by atoms with E-state index in [1.165, 1.54) is 24.8 Å². The molecule has 1 amide bonds. The van der Waals surface area contributed by atoms with Crippen LogP contribution in [0, 0.1) is 5.92 Å². The Morgan fingerprint density at radius 3 is 2.14 bits per heavy atom. The highest BCUT2D eigenvalue weighted by Crippen LogP contribution is 2.35. The first-order valence-electron chi connectivity index (χ1n) is 11.6. The SMILES string of the molecule is CCC(C)N1CC2CCC(C1)N2c1ncc(C2CCN(C(=O)C(C)C)CC2)cn1. The molecule has 1 aromatic heterocycles. The molecule has 29 heavy (non-hydrogen) atoms. The lowest BCUT2D eigenvalue weighted by atomic mass is 9.91. The summed E-state index contributed by atoms with van der Waals surface area (Å²) in [5.74, 6) is 1.75. The summed E-state index contributed by atoms with van der Waals surface area (Å²) in [6, 6.07) is 1.77. The molecule has 3 aliphatic heterocycles. The fourth-order valence-electron chi connectivity index (χ4n) is 5.35. The maximum Gasteiger partial charge on any atom is 0.225 e. The van der Waals surface area contributed by atoms with Gasteiger partial charge in [0.2, 0.25) is 11.9 Å². The molecule has 6 heteroatoms. The fraction of sp³-hybridized carbons (Fsp3) is 0.783. The maximum atomic E-state index is 12.2. The van der Waals surface area contributed by atoms with E-state index in [1.54, 1.807) is 0 Å². The molecule has 3 unspecified atom stereocenters. The van der Waals surface area contributed by atoms with Crippen LogP contribution in [0.4, 0.5) is 5.95 Å². The van der Waals surface area contributed by atoms with Crippen LogP contribution in [0.2, 0.25) is 0 Å². The summed E-state index contributed by atoms with van der Waals surface area (Å²) >= 11 is 0.